The summed E-state index contributed by atoms with van der Waals surface area (Å²) in [6.07, 6.45) is 2.31. The van der Waals surface area contributed by atoms with Crippen molar-refractivity contribution in [1.82, 2.24) is 10.2 Å². The topological polar surface area (TPSA) is 95.9 Å². The van der Waals surface area contributed by atoms with E-state index in [4.69, 9.17) is 4.74 Å². The van der Waals surface area contributed by atoms with Crippen LogP contribution in [0.3, 0.4) is 0 Å². The summed E-state index contributed by atoms with van der Waals surface area (Å²) in [5.74, 6) is -1.31. The van der Waals surface area contributed by atoms with Gasteiger partial charge in [-0.05, 0) is 42.9 Å². The highest BCUT2D eigenvalue weighted by molar-refractivity contribution is 5.92. The molecule has 0 spiro atoms. The number of carbonyl (C=O) groups excluding carboxylic acids is 2. The van der Waals surface area contributed by atoms with Gasteiger partial charge in [-0.2, -0.15) is 0 Å². The van der Waals surface area contributed by atoms with Gasteiger partial charge >= 0.3 is 5.97 Å². The summed E-state index contributed by atoms with van der Waals surface area (Å²) >= 11 is 0. The molecule has 7 nitrogen and oxygen atoms in total. The first-order chi connectivity index (χ1) is 13.3. The number of likely N-dealkylation sites (tertiary alicyclic amines) is 1. The molecule has 3 rings (SSSR count). The Morgan fingerprint density at radius 3 is 2.61 bits per heavy atom. The quantitative estimate of drug-likeness (QED) is 0.713. The van der Waals surface area contributed by atoms with Crippen molar-refractivity contribution in [3.05, 3.63) is 29.8 Å². The van der Waals surface area contributed by atoms with E-state index >= 15 is 0 Å². The molecule has 2 aliphatic rings. The average molecular weight is 388 g/mol. The van der Waals surface area contributed by atoms with E-state index < -0.39 is 24.0 Å². The van der Waals surface area contributed by atoms with Crippen LogP contribution in [0.5, 0.6) is 5.75 Å². The highest BCUT2D eigenvalue weighted by Gasteiger charge is 2.50. The molecule has 3 atom stereocenters. The number of rotatable bonds is 8. The van der Waals surface area contributed by atoms with Gasteiger partial charge in [-0.3, -0.25) is 9.59 Å². The molecule has 0 radical (unpaired) electrons. The van der Waals surface area contributed by atoms with Gasteiger partial charge in [0.05, 0.1) is 19.1 Å². The van der Waals surface area contributed by atoms with Crippen LogP contribution >= 0.6 is 0 Å². The number of hydrogen-bond donors (Lipinski definition) is 2. The number of ether oxygens (including phenoxy) is 1. The number of hydrogen-bond acceptors (Lipinski definition) is 4. The Morgan fingerprint density at radius 1 is 1.32 bits per heavy atom. The standard InChI is InChI=1S/C21H28N2O5/c1-12(2)9-17(21(26)27)22-20(25)16-11-18(24)23(14-7-8-14)19(16)13-5-4-6-15(10-13)28-3/h4-6,10,12,14,16-17,19H,7-9,11H2,1-3H3,(H,22,25)(H,26,27)/t16?,17-,19?/m1/s1. The molecule has 28 heavy (non-hydrogen) atoms. The highest BCUT2D eigenvalue weighted by Crippen LogP contribution is 2.45. The summed E-state index contributed by atoms with van der Waals surface area (Å²) in [5.41, 5.74) is 0.841. The van der Waals surface area contributed by atoms with E-state index in [0.717, 1.165) is 18.4 Å². The smallest absolute Gasteiger partial charge is 0.326 e. The van der Waals surface area contributed by atoms with Gasteiger partial charge in [0.25, 0.3) is 0 Å². The molecular formula is C21H28N2O5. The second kappa shape index (κ2) is 8.20. The van der Waals surface area contributed by atoms with Crippen LogP contribution < -0.4 is 10.1 Å². The monoisotopic (exact) mass is 388 g/mol. The molecular weight excluding hydrogens is 360 g/mol. The van der Waals surface area contributed by atoms with Gasteiger partial charge in [-0.25, -0.2) is 4.79 Å². The van der Waals surface area contributed by atoms with Gasteiger partial charge in [0, 0.05) is 12.5 Å². The minimum Gasteiger partial charge on any atom is -0.497 e. The summed E-state index contributed by atoms with van der Waals surface area (Å²) in [5, 5.41) is 12.1. The Labute approximate surface area is 165 Å². The van der Waals surface area contributed by atoms with Crippen LogP contribution in [-0.2, 0) is 14.4 Å². The maximum atomic E-state index is 13.0. The van der Waals surface area contributed by atoms with Crippen molar-refractivity contribution in [1.29, 1.82) is 0 Å². The fraction of sp³-hybridized carbons (Fsp3) is 0.571. The maximum absolute atomic E-state index is 13.0. The van der Waals surface area contributed by atoms with E-state index in [0.29, 0.717) is 12.2 Å². The first kappa shape index (κ1) is 20.2. The van der Waals surface area contributed by atoms with Gasteiger partial charge in [0.1, 0.15) is 11.8 Å². The van der Waals surface area contributed by atoms with Crippen LogP contribution in [0, 0.1) is 11.8 Å². The number of carbonyl (C=O) groups is 3. The molecule has 7 heteroatoms. The van der Waals surface area contributed by atoms with Gasteiger partial charge in [0.15, 0.2) is 0 Å². The van der Waals surface area contributed by atoms with Crippen LogP contribution in [0.15, 0.2) is 24.3 Å². The molecule has 2 fully saturated rings. The number of nitrogens with one attached hydrogen (secondary N) is 1. The zero-order valence-electron chi connectivity index (χ0n) is 16.6. The lowest BCUT2D eigenvalue weighted by molar-refractivity contribution is -0.143. The molecule has 2 amide bonds. The number of aliphatic carboxylic acids is 1. The minimum absolute atomic E-state index is 0.0498. The van der Waals surface area contributed by atoms with Gasteiger partial charge in [-0.1, -0.05) is 26.0 Å². The van der Waals surface area contributed by atoms with Crippen LogP contribution in [0.25, 0.3) is 0 Å². The first-order valence-electron chi connectivity index (χ1n) is 9.80. The van der Waals surface area contributed by atoms with Crippen LogP contribution in [0.4, 0.5) is 0 Å². The van der Waals surface area contributed by atoms with Gasteiger partial charge in [0.2, 0.25) is 11.8 Å². The fourth-order valence-corrected chi connectivity index (χ4v) is 3.96. The maximum Gasteiger partial charge on any atom is 0.326 e. The zero-order chi connectivity index (χ0) is 20.4. The van der Waals surface area contributed by atoms with Crippen molar-refractivity contribution in [2.75, 3.05) is 7.11 Å². The summed E-state index contributed by atoms with van der Waals surface area (Å²) in [6.45, 7) is 3.82. The third kappa shape index (κ3) is 4.29. The predicted octanol–water partition coefficient (Wildman–Crippen LogP) is 2.36. The van der Waals surface area contributed by atoms with Gasteiger partial charge in [-0.15, -0.1) is 0 Å². The summed E-state index contributed by atoms with van der Waals surface area (Å²) in [7, 11) is 1.57. The van der Waals surface area contributed by atoms with E-state index in [2.05, 4.69) is 5.32 Å². The average Bonchev–Trinajstić information content (AvgIpc) is 3.42. The number of carboxylic acids is 1. The SMILES string of the molecule is COc1cccc(C2C(C(=O)N[C@H](CC(C)C)C(=O)O)CC(=O)N2C2CC2)c1. The van der Waals surface area contributed by atoms with Crippen molar-refractivity contribution in [3.8, 4) is 5.75 Å². The van der Waals surface area contributed by atoms with Crippen molar-refractivity contribution >= 4 is 17.8 Å². The molecule has 0 bridgehead atoms. The van der Waals surface area contributed by atoms with E-state index in [-0.39, 0.29) is 30.2 Å². The van der Waals surface area contributed by atoms with Crippen molar-refractivity contribution in [3.63, 3.8) is 0 Å². The number of methoxy groups -OCH3 is 1. The molecule has 2 unspecified atom stereocenters. The largest absolute Gasteiger partial charge is 0.497 e. The van der Waals surface area contributed by atoms with Crippen LogP contribution in [-0.4, -0.2) is 47.0 Å². The fourth-order valence-electron chi connectivity index (χ4n) is 3.96. The lowest BCUT2D eigenvalue weighted by Gasteiger charge is -2.29. The normalized spacial score (nSPS) is 23.0. The minimum atomic E-state index is -1.05. The molecule has 1 heterocycles. The summed E-state index contributed by atoms with van der Waals surface area (Å²) in [4.78, 5) is 39.1. The van der Waals surface area contributed by atoms with Crippen LogP contribution in [0.2, 0.25) is 0 Å². The molecule has 1 saturated heterocycles. The third-order valence-electron chi connectivity index (χ3n) is 5.40. The zero-order valence-corrected chi connectivity index (χ0v) is 16.6. The number of carboxylic acid groups (broad SMARTS) is 1. The molecule has 1 aromatic carbocycles. The highest BCUT2D eigenvalue weighted by atomic mass is 16.5. The first-order valence-corrected chi connectivity index (χ1v) is 9.80. The second-order valence-electron chi connectivity index (χ2n) is 8.09. The van der Waals surface area contributed by atoms with Crippen molar-refractivity contribution < 1.29 is 24.2 Å². The third-order valence-corrected chi connectivity index (χ3v) is 5.40. The van der Waals surface area contributed by atoms with E-state index in [9.17, 15) is 19.5 Å². The lowest BCUT2D eigenvalue weighted by atomic mass is 9.91. The Kier molecular flexibility index (Phi) is 5.91. The van der Waals surface area contributed by atoms with E-state index in [1.807, 2.05) is 43.0 Å². The number of amides is 2. The molecule has 0 aromatic heterocycles. The Balaban J connectivity index is 1.87. The Morgan fingerprint density at radius 2 is 2.04 bits per heavy atom. The Hall–Kier alpha value is -2.57. The summed E-state index contributed by atoms with van der Waals surface area (Å²) in [6, 6.07) is 6.21. The van der Waals surface area contributed by atoms with Gasteiger partial charge < -0.3 is 20.1 Å². The van der Waals surface area contributed by atoms with Crippen molar-refractivity contribution in [2.24, 2.45) is 11.8 Å². The van der Waals surface area contributed by atoms with E-state index in [1.165, 1.54) is 0 Å². The van der Waals surface area contributed by atoms with Crippen LogP contribution in [0.1, 0.15) is 51.1 Å². The molecule has 1 aromatic rings. The number of benzene rings is 1. The molecule has 2 N–H and O–H groups in total. The number of nitrogens with zero attached hydrogens (tertiary/aromatic N) is 1. The lowest BCUT2D eigenvalue weighted by Crippen LogP contribution is -2.45. The second-order valence-corrected chi connectivity index (χ2v) is 8.09. The molecule has 152 valence electrons. The van der Waals surface area contributed by atoms with E-state index in [1.54, 1.807) is 7.11 Å². The molecule has 1 aliphatic carbocycles. The molecule has 1 saturated carbocycles. The Bertz CT molecular complexity index is 759. The predicted molar refractivity (Wildman–Crippen MR) is 103 cm³/mol. The summed E-state index contributed by atoms with van der Waals surface area (Å²) < 4.78 is 5.31. The molecule has 1 aliphatic heterocycles. The van der Waals surface area contributed by atoms with Crippen molar-refractivity contribution in [2.45, 2.75) is 57.7 Å².